The Morgan fingerprint density at radius 1 is 0.867 bits per heavy atom. The number of aliphatic hydroxyl groups excluding tert-OH is 1. The number of aliphatic hydroxyl groups is 1. The molecule has 1 amide bonds. The summed E-state index contributed by atoms with van der Waals surface area (Å²) >= 11 is 0. The van der Waals surface area contributed by atoms with Gasteiger partial charge in [-0.3, -0.25) is 0 Å². The van der Waals surface area contributed by atoms with E-state index in [9.17, 15) is 14.7 Å². The number of carbonyl (C=O) groups is 2. The first kappa shape index (κ1) is 33.9. The summed E-state index contributed by atoms with van der Waals surface area (Å²) in [5, 5.41) is 14.1. The van der Waals surface area contributed by atoms with Crippen molar-refractivity contribution in [3.8, 4) is 0 Å². The number of amides is 1. The minimum atomic E-state index is -1.13. The van der Waals surface area contributed by atoms with Gasteiger partial charge in [0, 0.05) is 0 Å². The molecule has 9 heteroatoms. The van der Waals surface area contributed by atoms with Crippen LogP contribution in [0.3, 0.4) is 0 Å². The predicted octanol–water partition coefficient (Wildman–Crippen LogP) is 5.50. The maximum absolute atomic E-state index is 13.3. The Morgan fingerprint density at radius 3 is 1.96 bits per heavy atom. The Hall–Kier alpha value is -4.02. The van der Waals surface area contributed by atoms with Crippen molar-refractivity contribution in [2.24, 2.45) is 0 Å². The highest BCUT2D eigenvalue weighted by atomic mass is 16.6. The van der Waals surface area contributed by atoms with E-state index in [0.29, 0.717) is 6.61 Å². The molecule has 0 bridgehead atoms. The molecule has 45 heavy (non-hydrogen) atoms. The monoisotopic (exact) mass is 617 g/mol. The topological polar surface area (TPSA) is 113 Å². The zero-order valence-electron chi connectivity index (χ0n) is 26.0. The van der Waals surface area contributed by atoms with Crippen LogP contribution in [0, 0.1) is 0 Å². The van der Waals surface area contributed by atoms with Gasteiger partial charge < -0.3 is 34.1 Å². The molecule has 1 aliphatic heterocycles. The number of benzene rings is 3. The predicted molar refractivity (Wildman–Crippen MR) is 169 cm³/mol. The third-order valence-electron chi connectivity index (χ3n) is 6.92. The van der Waals surface area contributed by atoms with Crippen LogP contribution in [0.25, 0.3) is 0 Å². The fourth-order valence-electron chi connectivity index (χ4n) is 4.75. The van der Waals surface area contributed by atoms with Crippen molar-refractivity contribution in [2.45, 2.75) is 83.1 Å². The molecular formula is C36H43NO8. The Morgan fingerprint density at radius 2 is 1.40 bits per heavy atom. The first-order valence-corrected chi connectivity index (χ1v) is 15.2. The fourth-order valence-corrected chi connectivity index (χ4v) is 4.75. The highest BCUT2D eigenvalue weighted by Gasteiger charge is 2.40. The molecule has 9 nitrogen and oxygen atoms in total. The van der Waals surface area contributed by atoms with Gasteiger partial charge >= 0.3 is 12.1 Å². The molecule has 5 atom stereocenters. The van der Waals surface area contributed by atoms with E-state index in [-0.39, 0.29) is 26.2 Å². The lowest BCUT2D eigenvalue weighted by molar-refractivity contribution is -0.185. The summed E-state index contributed by atoms with van der Waals surface area (Å²) in [5.41, 5.74) is 2.03. The summed E-state index contributed by atoms with van der Waals surface area (Å²) in [6, 6.07) is 27.8. The van der Waals surface area contributed by atoms with Crippen molar-refractivity contribution in [3.05, 3.63) is 120 Å². The van der Waals surface area contributed by atoms with E-state index in [1.807, 2.05) is 91.0 Å². The average molecular weight is 618 g/mol. The summed E-state index contributed by atoms with van der Waals surface area (Å²) in [6.07, 6.45) is -1.02. The molecule has 3 aromatic rings. The van der Waals surface area contributed by atoms with Gasteiger partial charge in [-0.05, 0) is 50.0 Å². The number of nitrogens with one attached hydrogen (secondary N) is 1. The van der Waals surface area contributed by atoms with E-state index in [4.69, 9.17) is 23.7 Å². The normalized spacial score (nSPS) is 18.7. The van der Waals surface area contributed by atoms with Crippen molar-refractivity contribution in [3.63, 3.8) is 0 Å². The van der Waals surface area contributed by atoms with Crippen molar-refractivity contribution >= 4 is 12.1 Å². The van der Waals surface area contributed by atoms with Gasteiger partial charge in [0.15, 0.2) is 0 Å². The number of esters is 1. The van der Waals surface area contributed by atoms with E-state index in [0.717, 1.165) is 16.7 Å². The largest absolute Gasteiger partial charge is 0.454 e. The maximum Gasteiger partial charge on any atom is 0.408 e. The molecular weight excluding hydrogens is 574 g/mol. The van der Waals surface area contributed by atoms with Gasteiger partial charge in [-0.2, -0.15) is 0 Å². The number of cyclic esters (lactones) is 1. The third kappa shape index (κ3) is 11.4. The van der Waals surface area contributed by atoms with E-state index in [2.05, 4.69) is 5.32 Å². The molecule has 3 aromatic carbocycles. The zero-order valence-corrected chi connectivity index (χ0v) is 26.0. The molecule has 1 heterocycles. The van der Waals surface area contributed by atoms with Crippen LogP contribution in [0.15, 0.2) is 103 Å². The lowest BCUT2D eigenvalue weighted by Crippen LogP contribution is -2.51. The number of hydrogen-bond acceptors (Lipinski definition) is 8. The highest BCUT2D eigenvalue weighted by Crippen LogP contribution is 2.24. The number of rotatable bonds is 14. The molecule has 0 spiro atoms. The first-order chi connectivity index (χ1) is 21.7. The molecule has 0 saturated carbocycles. The second-order valence-corrected chi connectivity index (χ2v) is 11.9. The second-order valence-electron chi connectivity index (χ2n) is 11.9. The smallest absolute Gasteiger partial charge is 0.408 e. The van der Waals surface area contributed by atoms with Crippen molar-refractivity contribution < 1.29 is 38.4 Å². The number of alkyl carbamates (subject to hydrolysis) is 1. The van der Waals surface area contributed by atoms with Gasteiger partial charge in [0.25, 0.3) is 0 Å². The summed E-state index contributed by atoms with van der Waals surface area (Å²) in [6.45, 7) is 5.84. The minimum Gasteiger partial charge on any atom is -0.454 e. The average Bonchev–Trinajstić information content (AvgIpc) is 3.20. The van der Waals surface area contributed by atoms with E-state index in [1.54, 1.807) is 32.9 Å². The van der Waals surface area contributed by atoms with Gasteiger partial charge in [0.2, 0.25) is 0 Å². The second kappa shape index (κ2) is 16.9. The highest BCUT2D eigenvalue weighted by molar-refractivity contribution is 5.82. The van der Waals surface area contributed by atoms with Crippen LogP contribution in [0.2, 0.25) is 0 Å². The summed E-state index contributed by atoms with van der Waals surface area (Å²) < 4.78 is 29.9. The van der Waals surface area contributed by atoms with Crippen LogP contribution in [0.1, 0.15) is 43.9 Å². The Balaban J connectivity index is 1.55. The molecule has 0 fully saturated rings. The van der Waals surface area contributed by atoms with Crippen molar-refractivity contribution in [1.82, 2.24) is 5.32 Å². The lowest BCUT2D eigenvalue weighted by atomic mass is 10.0. The summed E-state index contributed by atoms with van der Waals surface area (Å²) in [7, 11) is 0. The SMILES string of the molecule is CC(C)(C)OC(=O)N[C@H]1CC=C[C@@H]([C@@H](OCc2ccccc2)[C@H](OCc2ccccc2)[C@H](O)COCc2ccccc2)OC1=O. The Labute approximate surface area is 265 Å². The molecule has 4 rings (SSSR count). The minimum absolute atomic E-state index is 0.0489. The van der Waals surface area contributed by atoms with Crippen molar-refractivity contribution in [1.29, 1.82) is 0 Å². The Bertz CT molecular complexity index is 1340. The first-order valence-electron chi connectivity index (χ1n) is 15.2. The molecule has 0 saturated heterocycles. The van der Waals surface area contributed by atoms with Crippen molar-refractivity contribution in [2.75, 3.05) is 6.61 Å². The van der Waals surface area contributed by atoms with E-state index in [1.165, 1.54) is 0 Å². The number of carbonyl (C=O) groups excluding carboxylic acids is 2. The van der Waals surface area contributed by atoms with Gasteiger partial charge in [0.1, 0.15) is 36.1 Å². The van der Waals surface area contributed by atoms with Gasteiger partial charge in [-0.25, -0.2) is 9.59 Å². The molecule has 0 aliphatic carbocycles. The number of hydrogen-bond donors (Lipinski definition) is 2. The maximum atomic E-state index is 13.3. The zero-order chi connectivity index (χ0) is 32.1. The van der Waals surface area contributed by atoms with Crippen LogP contribution < -0.4 is 5.32 Å². The quantitative estimate of drug-likeness (QED) is 0.180. The molecule has 1 aliphatic rings. The third-order valence-corrected chi connectivity index (χ3v) is 6.92. The van der Waals surface area contributed by atoms with Crippen LogP contribution in [0.5, 0.6) is 0 Å². The van der Waals surface area contributed by atoms with Gasteiger partial charge in [-0.1, -0.05) is 97.1 Å². The fraction of sp³-hybridized carbons (Fsp3) is 0.389. The summed E-state index contributed by atoms with van der Waals surface area (Å²) in [4.78, 5) is 25.7. The number of ether oxygens (including phenoxy) is 5. The lowest BCUT2D eigenvalue weighted by Gasteiger charge is -2.34. The Kier molecular flexibility index (Phi) is 12.7. The van der Waals surface area contributed by atoms with Crippen LogP contribution in [0.4, 0.5) is 4.79 Å². The van der Waals surface area contributed by atoms with E-state index >= 15 is 0 Å². The van der Waals surface area contributed by atoms with Crippen LogP contribution in [-0.4, -0.2) is 59.8 Å². The van der Waals surface area contributed by atoms with Crippen LogP contribution >= 0.6 is 0 Å². The van der Waals surface area contributed by atoms with Gasteiger partial charge in [-0.15, -0.1) is 0 Å². The summed E-state index contributed by atoms with van der Waals surface area (Å²) in [5.74, 6) is -0.652. The molecule has 0 aromatic heterocycles. The molecule has 2 N–H and O–H groups in total. The standard InChI is InChI=1S/C36H43NO8/c1-36(2,3)45-35(40)37-29-20-13-21-31(44-34(29)39)33(43-24-28-18-11-6-12-19-28)32(42-23-27-16-9-5-10-17-27)30(38)25-41-22-26-14-7-4-8-15-26/h4-19,21,29-33,38H,20,22-25H2,1-3H3,(H,37,40)/t29-,30+,31-,32+,33+/m0/s1. The van der Waals surface area contributed by atoms with Crippen LogP contribution in [-0.2, 0) is 48.3 Å². The van der Waals surface area contributed by atoms with Gasteiger partial charge in [0.05, 0.1) is 26.4 Å². The molecule has 240 valence electrons. The van der Waals surface area contributed by atoms with E-state index < -0.39 is 48.1 Å². The molecule has 0 radical (unpaired) electrons. The molecule has 0 unspecified atom stereocenters.